The van der Waals surface area contributed by atoms with Gasteiger partial charge in [-0.3, -0.25) is 4.57 Å². The lowest BCUT2D eigenvalue weighted by molar-refractivity contribution is -0.0601. The molecular weight excluding hydrogens is 298 g/mol. The summed E-state index contributed by atoms with van der Waals surface area (Å²) in [4.78, 5) is 12.2. The molecule has 4 heterocycles. The van der Waals surface area contributed by atoms with Crippen molar-refractivity contribution in [1.82, 2.24) is 19.5 Å². The predicted octanol–water partition coefficient (Wildman–Crippen LogP) is -0.633. The van der Waals surface area contributed by atoms with E-state index in [-0.39, 0.29) is 17.7 Å². The number of fused-ring (bicyclic) bond motifs is 2. The van der Waals surface area contributed by atoms with Gasteiger partial charge in [-0.1, -0.05) is 0 Å². The van der Waals surface area contributed by atoms with Crippen molar-refractivity contribution < 1.29 is 19.3 Å². The quantitative estimate of drug-likeness (QED) is 0.699. The Morgan fingerprint density at radius 3 is 2.90 bits per heavy atom. The van der Waals surface area contributed by atoms with Crippen molar-refractivity contribution in [3.63, 3.8) is 0 Å². The zero-order chi connectivity index (χ0) is 14.6. The first-order chi connectivity index (χ1) is 10.2. The van der Waals surface area contributed by atoms with Gasteiger partial charge in [0.2, 0.25) is 0 Å². The van der Waals surface area contributed by atoms with Crippen LogP contribution in [0.5, 0.6) is 0 Å². The highest BCUT2D eigenvalue weighted by atomic mass is 32.1. The topological polar surface area (TPSA) is 118 Å². The van der Waals surface area contributed by atoms with Crippen LogP contribution in [-0.2, 0) is 14.2 Å². The second-order valence-electron chi connectivity index (χ2n) is 4.75. The third-order valence-corrected chi connectivity index (χ3v) is 3.78. The smallest absolute Gasteiger partial charge is 0.353 e. The number of thiocarbonyl (C=S) groups is 1. The number of nitrogens with two attached hydrogens (primary N) is 1. The molecule has 2 aliphatic heterocycles. The van der Waals surface area contributed by atoms with Crippen LogP contribution in [-0.4, -0.2) is 54.8 Å². The minimum atomic E-state index is -0.563. The van der Waals surface area contributed by atoms with Gasteiger partial charge in [-0.25, -0.2) is 15.0 Å². The van der Waals surface area contributed by atoms with Crippen molar-refractivity contribution in [3.05, 3.63) is 12.7 Å². The number of nitrogen functional groups attached to an aromatic ring is 1. The number of imidazole rings is 1. The molecular formula is C11H11N5O4S. The fourth-order valence-corrected chi connectivity index (χ4v) is 2.88. The molecule has 0 bridgehead atoms. The minimum absolute atomic E-state index is 0.0512. The van der Waals surface area contributed by atoms with Crippen LogP contribution in [0.1, 0.15) is 6.23 Å². The highest BCUT2D eigenvalue weighted by Gasteiger charge is 2.53. The Kier molecular flexibility index (Phi) is 2.71. The SMILES string of the molecule is Nc1ncnc2c1ncn2[C@@H]1O[C@H](CO)[C@H]2OC(=S)O[C@H]21. The molecule has 0 aliphatic carbocycles. The van der Waals surface area contributed by atoms with Gasteiger partial charge in [-0.2, -0.15) is 0 Å². The largest absolute Gasteiger partial charge is 0.446 e. The molecule has 0 unspecified atom stereocenters. The molecule has 9 nitrogen and oxygen atoms in total. The lowest BCUT2D eigenvalue weighted by Crippen LogP contribution is -2.30. The maximum Gasteiger partial charge on any atom is 0.353 e. The van der Waals surface area contributed by atoms with Crippen molar-refractivity contribution in [2.45, 2.75) is 24.5 Å². The summed E-state index contributed by atoms with van der Waals surface area (Å²) in [6.45, 7) is -0.201. The van der Waals surface area contributed by atoms with Crippen LogP contribution in [0.15, 0.2) is 12.7 Å². The van der Waals surface area contributed by atoms with E-state index in [1.807, 2.05) is 0 Å². The number of hydrogen-bond acceptors (Lipinski definition) is 9. The second kappa shape index (κ2) is 4.48. The summed E-state index contributed by atoms with van der Waals surface area (Å²) in [6, 6.07) is 0. The number of ether oxygens (including phenoxy) is 3. The number of anilines is 1. The Balaban J connectivity index is 1.78. The highest BCUT2D eigenvalue weighted by Crippen LogP contribution is 2.38. The van der Waals surface area contributed by atoms with E-state index in [0.717, 1.165) is 0 Å². The first kappa shape index (κ1) is 12.7. The number of hydrogen-bond donors (Lipinski definition) is 2. The minimum Gasteiger partial charge on any atom is -0.446 e. The standard InChI is InChI=1S/C11H11N5O4S/c12-8-5-9(14-2-13-8)16(3-15-5)10-7-6(4(1-17)18-10)19-11(21)20-7/h2-4,6-7,10,17H,1H2,(H2,12,13,14)/t4-,6-,7-,10-/m1/s1. The molecule has 10 heteroatoms. The zero-order valence-corrected chi connectivity index (χ0v) is 11.4. The summed E-state index contributed by atoms with van der Waals surface area (Å²) < 4.78 is 18.3. The van der Waals surface area contributed by atoms with E-state index < -0.39 is 24.5 Å². The Hall–Kier alpha value is -2.04. The maximum absolute atomic E-state index is 9.40. The first-order valence-corrected chi connectivity index (χ1v) is 6.66. The van der Waals surface area contributed by atoms with Gasteiger partial charge in [0.1, 0.15) is 17.9 Å². The summed E-state index contributed by atoms with van der Waals surface area (Å²) in [7, 11) is 0. The zero-order valence-electron chi connectivity index (χ0n) is 10.6. The van der Waals surface area contributed by atoms with Crippen LogP contribution >= 0.6 is 12.2 Å². The predicted molar refractivity (Wildman–Crippen MR) is 73.1 cm³/mol. The molecule has 110 valence electrons. The number of nitrogens with zero attached hydrogens (tertiary/aromatic N) is 4. The van der Waals surface area contributed by atoms with Crippen LogP contribution < -0.4 is 5.73 Å². The summed E-state index contributed by atoms with van der Waals surface area (Å²) >= 11 is 4.92. The molecule has 21 heavy (non-hydrogen) atoms. The fourth-order valence-electron chi connectivity index (χ4n) is 2.65. The molecule has 2 saturated heterocycles. The molecule has 2 aromatic rings. The van der Waals surface area contributed by atoms with Crippen molar-refractivity contribution >= 4 is 34.4 Å². The molecule has 0 amide bonds. The molecule has 0 saturated carbocycles. The van der Waals surface area contributed by atoms with Gasteiger partial charge in [0.25, 0.3) is 0 Å². The van der Waals surface area contributed by atoms with Crippen LogP contribution in [0, 0.1) is 0 Å². The molecule has 0 aromatic carbocycles. The van der Waals surface area contributed by atoms with Crippen LogP contribution in [0.4, 0.5) is 5.82 Å². The van der Waals surface area contributed by atoms with Crippen LogP contribution in [0.3, 0.4) is 0 Å². The van der Waals surface area contributed by atoms with Crippen LogP contribution in [0.25, 0.3) is 11.2 Å². The second-order valence-corrected chi connectivity index (χ2v) is 5.08. The van der Waals surface area contributed by atoms with E-state index in [0.29, 0.717) is 11.2 Å². The highest BCUT2D eigenvalue weighted by molar-refractivity contribution is 7.79. The number of aliphatic hydroxyl groups is 1. The fraction of sp³-hybridized carbons (Fsp3) is 0.455. The molecule has 0 spiro atoms. The molecule has 0 radical (unpaired) electrons. The Bertz CT molecular complexity index is 722. The molecule has 4 rings (SSSR count). The Labute approximate surface area is 123 Å². The van der Waals surface area contributed by atoms with Gasteiger partial charge in [-0.05, 0) is 0 Å². The maximum atomic E-state index is 9.40. The van der Waals surface area contributed by atoms with Gasteiger partial charge in [0.15, 0.2) is 29.9 Å². The van der Waals surface area contributed by atoms with Gasteiger partial charge in [-0.15, -0.1) is 0 Å². The van der Waals surface area contributed by atoms with Crippen molar-refractivity contribution in [3.8, 4) is 0 Å². The van der Waals surface area contributed by atoms with Crippen molar-refractivity contribution in [2.75, 3.05) is 12.3 Å². The Morgan fingerprint density at radius 2 is 2.10 bits per heavy atom. The van der Waals surface area contributed by atoms with E-state index in [1.54, 1.807) is 10.9 Å². The average Bonchev–Trinajstić information content (AvgIpc) is 3.12. The first-order valence-electron chi connectivity index (χ1n) is 6.25. The van der Waals surface area contributed by atoms with Gasteiger partial charge in [0.05, 0.1) is 12.9 Å². The summed E-state index contributed by atoms with van der Waals surface area (Å²) in [5, 5.41) is 9.45. The molecule has 4 atom stereocenters. The summed E-state index contributed by atoms with van der Waals surface area (Å²) in [5.74, 6) is 0.283. The lowest BCUT2D eigenvalue weighted by Gasteiger charge is -2.17. The van der Waals surface area contributed by atoms with Gasteiger partial charge < -0.3 is 25.1 Å². The van der Waals surface area contributed by atoms with E-state index in [9.17, 15) is 5.11 Å². The number of aliphatic hydroxyl groups excluding tert-OH is 1. The third kappa shape index (κ3) is 1.76. The normalized spacial score (nSPS) is 31.2. The number of rotatable bonds is 2. The summed E-state index contributed by atoms with van der Waals surface area (Å²) in [5.41, 5.74) is 6.76. The van der Waals surface area contributed by atoms with Gasteiger partial charge >= 0.3 is 5.24 Å². The molecule has 2 aliphatic rings. The average molecular weight is 309 g/mol. The van der Waals surface area contributed by atoms with E-state index in [1.165, 1.54) is 6.33 Å². The monoisotopic (exact) mass is 309 g/mol. The van der Waals surface area contributed by atoms with E-state index >= 15 is 0 Å². The molecule has 3 N–H and O–H groups in total. The van der Waals surface area contributed by atoms with Crippen molar-refractivity contribution in [2.24, 2.45) is 0 Å². The lowest BCUT2D eigenvalue weighted by atomic mass is 10.1. The van der Waals surface area contributed by atoms with E-state index in [4.69, 9.17) is 32.2 Å². The third-order valence-electron chi connectivity index (χ3n) is 3.59. The van der Waals surface area contributed by atoms with Gasteiger partial charge in [0, 0.05) is 12.2 Å². The van der Waals surface area contributed by atoms with Crippen molar-refractivity contribution in [1.29, 1.82) is 0 Å². The molecule has 2 aromatic heterocycles. The molecule has 2 fully saturated rings. The summed E-state index contributed by atoms with van der Waals surface area (Å²) in [6.07, 6.45) is 0.876. The Morgan fingerprint density at radius 1 is 1.29 bits per heavy atom. The van der Waals surface area contributed by atoms with Crippen LogP contribution in [0.2, 0.25) is 0 Å². The number of aromatic nitrogens is 4. The van der Waals surface area contributed by atoms with E-state index in [2.05, 4.69) is 15.0 Å².